The molecule has 0 heterocycles. The molecule has 1 N–H and O–H groups in total. The first-order chi connectivity index (χ1) is 9.56. The van der Waals surface area contributed by atoms with Gasteiger partial charge in [0.05, 0.1) is 13.2 Å². The van der Waals surface area contributed by atoms with Crippen molar-refractivity contribution in [2.24, 2.45) is 0 Å². The zero-order valence-corrected chi connectivity index (χ0v) is 15.6. The first-order valence-corrected chi connectivity index (χ1v) is 9.12. The monoisotopic (exact) mass is 336 g/mol. The van der Waals surface area contributed by atoms with Crippen LogP contribution in [0.25, 0.3) is 0 Å². The maximum atomic E-state index is 10.2. The van der Waals surface area contributed by atoms with Crippen LogP contribution in [0.1, 0.15) is 74.0 Å². The fourth-order valence-corrected chi connectivity index (χ4v) is 2.27. The van der Waals surface area contributed by atoms with E-state index in [0.29, 0.717) is 6.61 Å². The van der Waals surface area contributed by atoms with Gasteiger partial charge in [-0.3, -0.25) is 4.55 Å². The van der Waals surface area contributed by atoms with Crippen LogP contribution in [0.2, 0.25) is 0 Å². The van der Waals surface area contributed by atoms with Crippen LogP contribution in [0.4, 0.5) is 0 Å². The van der Waals surface area contributed by atoms with Crippen LogP contribution >= 0.6 is 0 Å². The minimum Gasteiger partial charge on any atom is -1.00 e. The number of ether oxygens (including phenoxy) is 1. The summed E-state index contributed by atoms with van der Waals surface area (Å²) >= 11 is 0. The Morgan fingerprint density at radius 3 is 1.76 bits per heavy atom. The Bertz CT molecular complexity index is 306. The number of rotatable bonds is 15. The van der Waals surface area contributed by atoms with Crippen molar-refractivity contribution >= 4 is 33.5 Å². The van der Waals surface area contributed by atoms with E-state index >= 15 is 0 Å². The molecule has 5 nitrogen and oxygen atoms in total. The van der Waals surface area contributed by atoms with Gasteiger partial charge in [0.25, 0.3) is 0 Å². The van der Waals surface area contributed by atoms with E-state index < -0.39 is 10.4 Å². The third-order valence-corrected chi connectivity index (χ3v) is 3.57. The summed E-state index contributed by atoms with van der Waals surface area (Å²) in [6.45, 7) is 2.91. The van der Waals surface area contributed by atoms with Crippen molar-refractivity contribution in [2.75, 3.05) is 19.8 Å². The first-order valence-electron chi connectivity index (χ1n) is 7.76. The Balaban J connectivity index is -0.000000602. The Hall–Kier alpha value is 0.596. The van der Waals surface area contributed by atoms with Crippen molar-refractivity contribution in [2.45, 2.75) is 71.1 Å². The van der Waals surface area contributed by atoms with Crippen molar-refractivity contribution < 1.29 is 24.7 Å². The van der Waals surface area contributed by atoms with Crippen molar-refractivity contribution in [3.63, 3.8) is 0 Å². The molecule has 0 saturated carbocycles. The van der Waals surface area contributed by atoms with Crippen LogP contribution < -0.4 is 0 Å². The van der Waals surface area contributed by atoms with Gasteiger partial charge in [0.15, 0.2) is 0 Å². The molecule has 0 unspecified atom stereocenters. The molecule has 0 rings (SSSR count). The van der Waals surface area contributed by atoms with E-state index in [9.17, 15) is 8.42 Å². The average molecular weight is 337 g/mol. The molecule has 21 heavy (non-hydrogen) atoms. The van der Waals surface area contributed by atoms with E-state index in [4.69, 9.17) is 9.29 Å². The molecule has 0 atom stereocenters. The molecule has 0 aliphatic heterocycles. The van der Waals surface area contributed by atoms with Crippen LogP contribution in [0.15, 0.2) is 0 Å². The smallest absolute Gasteiger partial charge is 1.00 e. The molecule has 0 aromatic carbocycles. The summed E-state index contributed by atoms with van der Waals surface area (Å²) in [6, 6.07) is 0. The quantitative estimate of drug-likeness (QED) is 0.281. The van der Waals surface area contributed by atoms with Crippen molar-refractivity contribution in [1.29, 1.82) is 0 Å². The summed E-state index contributed by atoms with van der Waals surface area (Å²) in [7, 11) is -4.32. The molecule has 0 bridgehead atoms. The summed E-state index contributed by atoms with van der Waals surface area (Å²) < 4.78 is 38.1. The fourth-order valence-electron chi connectivity index (χ4n) is 1.99. The van der Waals surface area contributed by atoms with E-state index in [-0.39, 0.29) is 39.1 Å². The molecule has 0 spiro atoms. The van der Waals surface area contributed by atoms with Crippen molar-refractivity contribution in [3.8, 4) is 0 Å². The summed E-state index contributed by atoms with van der Waals surface area (Å²) in [4.78, 5) is 0. The van der Waals surface area contributed by atoms with E-state index in [0.717, 1.165) is 12.8 Å². The minimum atomic E-state index is -4.32. The van der Waals surface area contributed by atoms with Gasteiger partial charge < -0.3 is 7.59 Å². The zero-order chi connectivity index (χ0) is 15.1. The predicted octanol–water partition coefficient (Wildman–Crippen LogP) is 3.59. The molecular weight excluding hydrogens is 305 g/mol. The molecule has 0 aromatic heterocycles. The van der Waals surface area contributed by atoms with E-state index in [2.05, 4.69) is 11.1 Å². The minimum absolute atomic E-state index is 0. The molecule has 0 amide bonds. The second-order valence-corrected chi connectivity index (χ2v) is 6.14. The van der Waals surface area contributed by atoms with Crippen LogP contribution in [0.5, 0.6) is 0 Å². The largest absolute Gasteiger partial charge is 2.00 e. The Morgan fingerprint density at radius 1 is 0.810 bits per heavy atom. The van der Waals surface area contributed by atoms with Crippen LogP contribution in [0.3, 0.4) is 0 Å². The maximum Gasteiger partial charge on any atom is 2.00 e. The first kappa shape index (κ1) is 23.9. The molecule has 0 aliphatic carbocycles. The van der Waals surface area contributed by atoms with E-state index in [1.807, 2.05) is 0 Å². The third kappa shape index (κ3) is 23.0. The van der Waals surface area contributed by atoms with E-state index in [1.54, 1.807) is 0 Å². The van der Waals surface area contributed by atoms with Gasteiger partial charge in [-0.2, -0.15) is 8.42 Å². The average Bonchev–Trinajstić information content (AvgIpc) is 2.38. The van der Waals surface area contributed by atoms with Gasteiger partial charge in [0.1, 0.15) is 0 Å². The molecule has 0 aromatic rings. The predicted molar refractivity (Wildman–Crippen MR) is 88.1 cm³/mol. The molecule has 0 saturated heterocycles. The number of hydrogen-bond donors (Lipinski definition) is 1. The summed E-state index contributed by atoms with van der Waals surface area (Å²) in [6.07, 6.45) is 12.7. The number of hydrogen-bond acceptors (Lipinski definition) is 4. The second kappa shape index (κ2) is 17.0. The Morgan fingerprint density at radius 2 is 1.29 bits per heavy atom. The van der Waals surface area contributed by atoms with Gasteiger partial charge in [0.2, 0.25) is 0 Å². The van der Waals surface area contributed by atoms with Gasteiger partial charge in [-0.05, 0) is 6.42 Å². The standard InChI is InChI=1S/C14H30O5S.Mg.2H/c1-2-3-4-5-6-7-8-9-10-11-12-18-13-14-19-20(15,16)17;;;/h2-14H2,1H3,(H,15,16,17);;;/q;+2;2*-1. The zero-order valence-electron chi connectivity index (χ0n) is 15.4. The summed E-state index contributed by atoms with van der Waals surface area (Å²) in [5.41, 5.74) is 0. The fraction of sp³-hybridized carbons (Fsp3) is 1.00. The van der Waals surface area contributed by atoms with Gasteiger partial charge >= 0.3 is 33.5 Å². The van der Waals surface area contributed by atoms with Crippen LogP contribution in [-0.2, 0) is 19.3 Å². The molecular formula is C14H32MgO5S. The number of unbranched alkanes of at least 4 members (excludes halogenated alkanes) is 9. The van der Waals surface area contributed by atoms with Gasteiger partial charge in [-0.25, -0.2) is 4.18 Å². The Labute approximate surface area is 149 Å². The topological polar surface area (TPSA) is 72.8 Å². The molecule has 0 fully saturated rings. The van der Waals surface area contributed by atoms with Crippen LogP contribution in [-0.4, -0.2) is 55.8 Å². The van der Waals surface area contributed by atoms with Crippen molar-refractivity contribution in [1.82, 2.24) is 0 Å². The third-order valence-electron chi connectivity index (χ3n) is 3.10. The SMILES string of the molecule is CCCCCCCCCCCCOCCOS(=O)(=O)O.[H-].[H-].[Mg+2]. The summed E-state index contributed by atoms with van der Waals surface area (Å²) in [5, 5.41) is 0. The van der Waals surface area contributed by atoms with Crippen LogP contribution in [0, 0.1) is 0 Å². The molecule has 0 aliphatic rings. The molecule has 0 radical (unpaired) electrons. The Kier molecular flexibility index (Phi) is 19.3. The summed E-state index contributed by atoms with van der Waals surface area (Å²) in [5.74, 6) is 0. The van der Waals surface area contributed by atoms with Gasteiger partial charge in [-0.15, -0.1) is 0 Å². The van der Waals surface area contributed by atoms with Crippen molar-refractivity contribution in [3.05, 3.63) is 0 Å². The maximum absolute atomic E-state index is 10.2. The van der Waals surface area contributed by atoms with Gasteiger partial charge in [0, 0.05) is 6.61 Å². The molecule has 126 valence electrons. The van der Waals surface area contributed by atoms with E-state index in [1.165, 1.54) is 51.4 Å². The second-order valence-electron chi connectivity index (χ2n) is 5.04. The van der Waals surface area contributed by atoms with Gasteiger partial charge in [-0.1, -0.05) is 64.7 Å². The normalized spacial score (nSPS) is 11.3. The molecule has 7 heteroatoms.